The molecule has 1 aromatic heterocycles. The molecular formula is C17H20N4. The molecule has 0 amide bonds. The molecule has 1 fully saturated rings. The van der Waals surface area contributed by atoms with Crippen LogP contribution < -0.4 is 5.73 Å². The molecule has 108 valence electrons. The number of guanidine groups is 1. The van der Waals surface area contributed by atoms with Gasteiger partial charge < -0.3 is 10.6 Å². The molecule has 0 spiro atoms. The van der Waals surface area contributed by atoms with E-state index in [4.69, 9.17) is 5.73 Å². The molecule has 0 radical (unpaired) electrons. The highest BCUT2D eigenvalue weighted by Crippen LogP contribution is 2.25. The first kappa shape index (κ1) is 13.6. The number of nitrogens with two attached hydrogens (primary N) is 1. The number of nitrogens with zero attached hydrogens (tertiary/aromatic N) is 3. The quantitative estimate of drug-likeness (QED) is 0.692. The van der Waals surface area contributed by atoms with Crippen molar-refractivity contribution in [2.45, 2.75) is 25.4 Å². The number of aliphatic imine (C=N–C) groups is 1. The topological polar surface area (TPSA) is 54.5 Å². The molecule has 0 bridgehead atoms. The Morgan fingerprint density at radius 3 is 2.86 bits per heavy atom. The van der Waals surface area contributed by atoms with Gasteiger partial charge in [-0.15, -0.1) is 0 Å². The fourth-order valence-corrected chi connectivity index (χ4v) is 2.30. The van der Waals surface area contributed by atoms with Crippen molar-refractivity contribution >= 4 is 5.96 Å². The van der Waals surface area contributed by atoms with Crippen LogP contribution in [-0.2, 0) is 6.54 Å². The van der Waals surface area contributed by atoms with Crippen LogP contribution in [0.25, 0.3) is 11.3 Å². The molecular weight excluding hydrogens is 260 g/mol. The van der Waals surface area contributed by atoms with E-state index in [-0.39, 0.29) is 0 Å². The lowest BCUT2D eigenvalue weighted by atomic mass is 10.1. The second kappa shape index (κ2) is 5.95. The first-order valence-electron chi connectivity index (χ1n) is 7.27. The fraction of sp³-hybridized carbons (Fsp3) is 0.294. The van der Waals surface area contributed by atoms with Crippen molar-refractivity contribution in [1.82, 2.24) is 9.88 Å². The van der Waals surface area contributed by atoms with Crippen molar-refractivity contribution in [3.8, 4) is 11.3 Å². The van der Waals surface area contributed by atoms with Gasteiger partial charge in [-0.25, -0.2) is 4.99 Å². The lowest BCUT2D eigenvalue weighted by molar-refractivity contribution is 0.487. The van der Waals surface area contributed by atoms with Gasteiger partial charge in [-0.1, -0.05) is 24.3 Å². The fourth-order valence-electron chi connectivity index (χ4n) is 2.30. The minimum absolute atomic E-state index is 0.591. The van der Waals surface area contributed by atoms with Crippen molar-refractivity contribution in [1.29, 1.82) is 0 Å². The third-order valence-corrected chi connectivity index (χ3v) is 3.77. The minimum atomic E-state index is 0.591. The highest BCUT2D eigenvalue weighted by molar-refractivity contribution is 5.78. The Hall–Kier alpha value is -2.36. The van der Waals surface area contributed by atoms with Gasteiger partial charge in [-0.3, -0.25) is 4.98 Å². The van der Waals surface area contributed by atoms with Gasteiger partial charge in [0.25, 0.3) is 0 Å². The molecule has 1 aromatic carbocycles. The van der Waals surface area contributed by atoms with Crippen LogP contribution in [0.4, 0.5) is 0 Å². The summed E-state index contributed by atoms with van der Waals surface area (Å²) in [5, 5.41) is 0. The highest BCUT2D eigenvalue weighted by atomic mass is 15.3. The Kier molecular flexibility index (Phi) is 3.86. The molecule has 0 aliphatic heterocycles. The third kappa shape index (κ3) is 3.40. The molecule has 1 saturated carbocycles. The summed E-state index contributed by atoms with van der Waals surface area (Å²) >= 11 is 0. The number of hydrogen-bond donors (Lipinski definition) is 1. The smallest absolute Gasteiger partial charge is 0.191 e. The van der Waals surface area contributed by atoms with Crippen molar-refractivity contribution in [2.75, 3.05) is 7.05 Å². The van der Waals surface area contributed by atoms with Crippen LogP contribution >= 0.6 is 0 Å². The molecule has 4 nitrogen and oxygen atoms in total. The van der Waals surface area contributed by atoms with Crippen molar-refractivity contribution in [3.05, 3.63) is 54.2 Å². The second-order valence-electron chi connectivity index (χ2n) is 5.43. The molecule has 0 unspecified atom stereocenters. The van der Waals surface area contributed by atoms with E-state index < -0.39 is 0 Å². The largest absolute Gasteiger partial charge is 0.370 e. The molecule has 4 heteroatoms. The van der Waals surface area contributed by atoms with Gasteiger partial charge in [0.1, 0.15) is 0 Å². The minimum Gasteiger partial charge on any atom is -0.370 e. The van der Waals surface area contributed by atoms with Gasteiger partial charge >= 0.3 is 0 Å². The summed E-state index contributed by atoms with van der Waals surface area (Å²) in [7, 11) is 2.01. The zero-order chi connectivity index (χ0) is 14.7. The van der Waals surface area contributed by atoms with E-state index in [1.807, 2.05) is 37.5 Å². The lowest BCUT2D eigenvalue weighted by Crippen LogP contribution is -2.35. The molecule has 2 aromatic rings. The lowest BCUT2D eigenvalue weighted by Gasteiger charge is -2.16. The zero-order valence-corrected chi connectivity index (χ0v) is 12.2. The zero-order valence-electron chi connectivity index (χ0n) is 12.2. The highest BCUT2D eigenvalue weighted by Gasteiger charge is 2.27. The number of rotatable bonds is 4. The first-order valence-corrected chi connectivity index (χ1v) is 7.27. The van der Waals surface area contributed by atoms with Gasteiger partial charge in [0.2, 0.25) is 0 Å². The average molecular weight is 280 g/mol. The number of pyridine rings is 1. The van der Waals surface area contributed by atoms with Gasteiger partial charge in [0.05, 0.1) is 12.2 Å². The van der Waals surface area contributed by atoms with E-state index in [0.29, 0.717) is 18.5 Å². The maximum Gasteiger partial charge on any atom is 0.191 e. The Balaban J connectivity index is 1.73. The Morgan fingerprint density at radius 2 is 2.14 bits per heavy atom. The second-order valence-corrected chi connectivity index (χ2v) is 5.43. The van der Waals surface area contributed by atoms with E-state index in [1.54, 1.807) is 0 Å². The molecule has 1 heterocycles. The van der Waals surface area contributed by atoms with Crippen LogP contribution in [0.15, 0.2) is 53.7 Å². The summed E-state index contributed by atoms with van der Waals surface area (Å²) in [6.07, 6.45) is 4.26. The normalized spacial score (nSPS) is 15.0. The maximum absolute atomic E-state index is 6.02. The van der Waals surface area contributed by atoms with Crippen LogP contribution in [0.5, 0.6) is 0 Å². The van der Waals surface area contributed by atoms with Crippen LogP contribution in [0.1, 0.15) is 18.4 Å². The molecule has 1 aliphatic carbocycles. The van der Waals surface area contributed by atoms with E-state index in [0.717, 1.165) is 16.8 Å². The summed E-state index contributed by atoms with van der Waals surface area (Å²) in [6, 6.07) is 14.8. The summed E-state index contributed by atoms with van der Waals surface area (Å²) in [4.78, 5) is 10.9. The summed E-state index contributed by atoms with van der Waals surface area (Å²) in [5.41, 5.74) is 9.25. The van der Waals surface area contributed by atoms with Crippen LogP contribution in [0, 0.1) is 0 Å². The van der Waals surface area contributed by atoms with Crippen LogP contribution in [0.2, 0.25) is 0 Å². The van der Waals surface area contributed by atoms with E-state index in [2.05, 4.69) is 33.1 Å². The van der Waals surface area contributed by atoms with Crippen LogP contribution in [-0.4, -0.2) is 28.9 Å². The maximum atomic E-state index is 6.02. The van der Waals surface area contributed by atoms with Crippen molar-refractivity contribution < 1.29 is 0 Å². The Bertz CT molecular complexity index is 632. The third-order valence-electron chi connectivity index (χ3n) is 3.77. The molecule has 1 aliphatic rings. The summed E-state index contributed by atoms with van der Waals surface area (Å²) < 4.78 is 0. The van der Waals surface area contributed by atoms with Gasteiger partial charge in [0.15, 0.2) is 5.96 Å². The monoisotopic (exact) mass is 280 g/mol. The molecule has 0 saturated heterocycles. The standard InChI is InChI=1S/C17H20N4/c1-21(15-8-9-15)17(18)20-12-13-5-4-6-14(11-13)16-7-2-3-10-19-16/h2-7,10-11,15H,8-9,12H2,1H3,(H2,18,20). The van der Waals surface area contributed by atoms with E-state index in [9.17, 15) is 0 Å². The Morgan fingerprint density at radius 1 is 1.29 bits per heavy atom. The molecule has 2 N–H and O–H groups in total. The first-order chi connectivity index (χ1) is 10.2. The predicted octanol–water partition coefficient (Wildman–Crippen LogP) is 2.66. The van der Waals surface area contributed by atoms with Crippen LogP contribution in [0.3, 0.4) is 0 Å². The molecule has 21 heavy (non-hydrogen) atoms. The van der Waals surface area contributed by atoms with Gasteiger partial charge in [-0.05, 0) is 36.6 Å². The summed E-state index contributed by atoms with van der Waals surface area (Å²) in [6.45, 7) is 0.601. The average Bonchev–Trinajstić information content (AvgIpc) is 3.38. The number of aromatic nitrogens is 1. The summed E-state index contributed by atoms with van der Waals surface area (Å²) in [5.74, 6) is 0.626. The van der Waals surface area contributed by atoms with Crippen molar-refractivity contribution in [2.24, 2.45) is 10.7 Å². The number of benzene rings is 1. The predicted molar refractivity (Wildman–Crippen MR) is 85.8 cm³/mol. The molecule has 3 rings (SSSR count). The van der Waals surface area contributed by atoms with E-state index >= 15 is 0 Å². The van der Waals surface area contributed by atoms with Crippen molar-refractivity contribution in [3.63, 3.8) is 0 Å². The van der Waals surface area contributed by atoms with Gasteiger partial charge in [0, 0.05) is 24.8 Å². The number of hydrogen-bond acceptors (Lipinski definition) is 2. The SMILES string of the molecule is CN(C(N)=NCc1cccc(-c2ccccn2)c1)C1CC1. The van der Waals surface area contributed by atoms with Gasteiger partial charge in [-0.2, -0.15) is 0 Å². The Labute approximate surface area is 125 Å². The van der Waals surface area contributed by atoms with E-state index in [1.165, 1.54) is 12.8 Å². The molecule has 0 atom stereocenters.